The summed E-state index contributed by atoms with van der Waals surface area (Å²) in [7, 11) is 1.56. The van der Waals surface area contributed by atoms with E-state index >= 15 is 0 Å². The molecule has 1 amide bonds. The number of carbonyl (C=O) groups excluding carboxylic acids is 2. The molecule has 0 radical (unpaired) electrons. The Kier molecular flexibility index (Phi) is 5.85. The molecule has 0 aliphatic rings. The van der Waals surface area contributed by atoms with Crippen LogP contribution in [0.1, 0.15) is 26.2 Å². The Labute approximate surface area is 113 Å². The molecule has 0 aliphatic heterocycles. The van der Waals surface area contributed by atoms with Crippen LogP contribution in [0.15, 0.2) is 18.2 Å². The number of anilines is 2. The topological polar surface area (TPSA) is 72.6 Å². The van der Waals surface area contributed by atoms with Gasteiger partial charge in [-0.1, -0.05) is 6.92 Å². The molecule has 0 spiro atoms. The maximum atomic E-state index is 12.0. The highest BCUT2D eigenvalue weighted by Crippen LogP contribution is 2.29. The van der Waals surface area contributed by atoms with Gasteiger partial charge in [-0.2, -0.15) is 0 Å². The van der Waals surface area contributed by atoms with E-state index in [4.69, 9.17) is 10.5 Å². The first-order valence-corrected chi connectivity index (χ1v) is 6.31. The number of methoxy groups -OCH3 is 1. The second kappa shape index (κ2) is 7.41. The zero-order chi connectivity index (χ0) is 14.3. The number of carbonyl (C=O) groups is 2. The molecule has 0 atom stereocenters. The van der Waals surface area contributed by atoms with Crippen molar-refractivity contribution in [1.82, 2.24) is 0 Å². The highest BCUT2D eigenvalue weighted by Gasteiger charge is 2.16. The number of aldehydes is 1. The fourth-order valence-electron chi connectivity index (χ4n) is 1.79. The molecule has 0 saturated carbocycles. The first-order chi connectivity index (χ1) is 9.13. The summed E-state index contributed by atoms with van der Waals surface area (Å²) in [6, 6.07) is 5.20. The molecule has 2 N–H and O–H groups in total. The van der Waals surface area contributed by atoms with Gasteiger partial charge in [0.1, 0.15) is 12.0 Å². The average molecular weight is 264 g/mol. The van der Waals surface area contributed by atoms with E-state index in [1.54, 1.807) is 37.1 Å². The number of nitrogens with two attached hydrogens (primary N) is 1. The minimum absolute atomic E-state index is 0.0224. The summed E-state index contributed by atoms with van der Waals surface area (Å²) in [5.41, 5.74) is 7.08. The highest BCUT2D eigenvalue weighted by molar-refractivity contribution is 5.96. The van der Waals surface area contributed by atoms with Crippen molar-refractivity contribution in [1.29, 1.82) is 0 Å². The molecule has 1 aromatic carbocycles. The lowest BCUT2D eigenvalue weighted by molar-refractivity contribution is -0.118. The number of hydrogen-bond donors (Lipinski definition) is 1. The molecule has 0 saturated heterocycles. The molecule has 1 rings (SSSR count). The van der Waals surface area contributed by atoms with E-state index < -0.39 is 0 Å². The molecule has 0 unspecified atom stereocenters. The Morgan fingerprint density at radius 2 is 2.21 bits per heavy atom. The minimum atomic E-state index is -0.0224. The predicted molar refractivity (Wildman–Crippen MR) is 75.3 cm³/mol. The summed E-state index contributed by atoms with van der Waals surface area (Å²) in [4.78, 5) is 24.0. The van der Waals surface area contributed by atoms with Gasteiger partial charge in [-0.05, 0) is 18.6 Å². The van der Waals surface area contributed by atoms with Crippen molar-refractivity contribution in [3.8, 4) is 5.75 Å². The van der Waals surface area contributed by atoms with Crippen molar-refractivity contribution in [2.45, 2.75) is 26.2 Å². The summed E-state index contributed by atoms with van der Waals surface area (Å²) >= 11 is 0. The lowest BCUT2D eigenvalue weighted by Gasteiger charge is -2.24. The monoisotopic (exact) mass is 264 g/mol. The number of benzene rings is 1. The van der Waals surface area contributed by atoms with Crippen molar-refractivity contribution in [2.24, 2.45) is 0 Å². The molecule has 5 heteroatoms. The van der Waals surface area contributed by atoms with Crippen LogP contribution >= 0.6 is 0 Å². The lowest BCUT2D eigenvalue weighted by atomic mass is 10.2. The third-order valence-electron chi connectivity index (χ3n) is 2.84. The van der Waals surface area contributed by atoms with Gasteiger partial charge in [0.15, 0.2) is 0 Å². The van der Waals surface area contributed by atoms with Crippen LogP contribution in [0.5, 0.6) is 5.75 Å². The summed E-state index contributed by atoms with van der Waals surface area (Å²) in [6.45, 7) is 2.27. The van der Waals surface area contributed by atoms with Crippen molar-refractivity contribution in [2.75, 3.05) is 24.3 Å². The fraction of sp³-hybridized carbons (Fsp3) is 0.429. The van der Waals surface area contributed by atoms with Gasteiger partial charge in [0, 0.05) is 25.5 Å². The van der Waals surface area contributed by atoms with E-state index in [0.717, 1.165) is 6.29 Å². The van der Waals surface area contributed by atoms with Crippen LogP contribution < -0.4 is 15.4 Å². The number of ether oxygens (including phenoxy) is 1. The van der Waals surface area contributed by atoms with Crippen LogP contribution in [0.25, 0.3) is 0 Å². The highest BCUT2D eigenvalue weighted by atomic mass is 16.5. The molecule has 1 aromatic rings. The minimum Gasteiger partial charge on any atom is -0.497 e. The standard InChI is InChI=1S/C14H20N2O3/c1-3-14(18)16(8-4-5-9-17)13-10-11(19-2)6-7-12(13)15/h6-7,9-10H,3-5,8,15H2,1-2H3. The van der Waals surface area contributed by atoms with E-state index in [1.165, 1.54) is 0 Å². The summed E-state index contributed by atoms with van der Waals surface area (Å²) < 4.78 is 5.15. The normalized spacial score (nSPS) is 10.0. The van der Waals surface area contributed by atoms with Crippen LogP contribution in [-0.2, 0) is 9.59 Å². The van der Waals surface area contributed by atoms with Gasteiger partial charge in [0.2, 0.25) is 5.91 Å². The molecule has 104 valence electrons. The second-order valence-electron chi connectivity index (χ2n) is 4.13. The third-order valence-corrected chi connectivity index (χ3v) is 2.84. The van der Waals surface area contributed by atoms with Crippen LogP contribution in [0.4, 0.5) is 11.4 Å². The Balaban J connectivity index is 3.01. The zero-order valence-electron chi connectivity index (χ0n) is 11.4. The number of amides is 1. The quantitative estimate of drug-likeness (QED) is 0.464. The van der Waals surface area contributed by atoms with Crippen molar-refractivity contribution >= 4 is 23.6 Å². The number of nitrogen functional groups attached to an aromatic ring is 1. The maximum absolute atomic E-state index is 12.0. The van der Waals surface area contributed by atoms with Crippen molar-refractivity contribution < 1.29 is 14.3 Å². The predicted octanol–water partition coefficient (Wildman–Crippen LogP) is 2.00. The van der Waals surface area contributed by atoms with E-state index in [9.17, 15) is 9.59 Å². The van der Waals surface area contributed by atoms with Crippen LogP contribution in [0.3, 0.4) is 0 Å². The Morgan fingerprint density at radius 1 is 1.47 bits per heavy atom. The van der Waals surface area contributed by atoms with Crippen LogP contribution in [0.2, 0.25) is 0 Å². The lowest BCUT2D eigenvalue weighted by Crippen LogP contribution is -2.32. The van der Waals surface area contributed by atoms with E-state index in [2.05, 4.69) is 0 Å². The zero-order valence-corrected chi connectivity index (χ0v) is 11.4. The molecule has 0 aromatic heterocycles. The van der Waals surface area contributed by atoms with Gasteiger partial charge in [0.05, 0.1) is 18.5 Å². The van der Waals surface area contributed by atoms with Crippen LogP contribution in [0, 0.1) is 0 Å². The van der Waals surface area contributed by atoms with E-state index in [1.807, 2.05) is 0 Å². The molecular weight excluding hydrogens is 244 g/mol. The smallest absolute Gasteiger partial charge is 0.226 e. The summed E-state index contributed by atoms with van der Waals surface area (Å²) in [6.07, 6.45) is 2.28. The van der Waals surface area contributed by atoms with E-state index in [-0.39, 0.29) is 5.91 Å². The van der Waals surface area contributed by atoms with Gasteiger partial charge in [-0.15, -0.1) is 0 Å². The van der Waals surface area contributed by atoms with E-state index in [0.29, 0.717) is 42.9 Å². The number of unbranched alkanes of at least 4 members (excludes halogenated alkanes) is 1. The van der Waals surface area contributed by atoms with Gasteiger partial charge in [-0.25, -0.2) is 0 Å². The number of hydrogen-bond acceptors (Lipinski definition) is 4. The largest absolute Gasteiger partial charge is 0.497 e. The molecule has 5 nitrogen and oxygen atoms in total. The summed E-state index contributed by atoms with van der Waals surface area (Å²) in [5.74, 6) is 0.624. The molecule has 0 heterocycles. The molecular formula is C14H20N2O3. The molecule has 0 aliphatic carbocycles. The van der Waals surface area contributed by atoms with Crippen molar-refractivity contribution in [3.63, 3.8) is 0 Å². The maximum Gasteiger partial charge on any atom is 0.226 e. The fourth-order valence-corrected chi connectivity index (χ4v) is 1.79. The molecule has 0 fully saturated rings. The van der Waals surface area contributed by atoms with Crippen LogP contribution in [-0.4, -0.2) is 25.8 Å². The third kappa shape index (κ3) is 3.98. The summed E-state index contributed by atoms with van der Waals surface area (Å²) in [5, 5.41) is 0. The first-order valence-electron chi connectivity index (χ1n) is 6.31. The number of rotatable bonds is 7. The second-order valence-corrected chi connectivity index (χ2v) is 4.13. The molecule has 19 heavy (non-hydrogen) atoms. The Morgan fingerprint density at radius 3 is 2.79 bits per heavy atom. The Bertz CT molecular complexity index is 446. The van der Waals surface area contributed by atoms with Gasteiger partial charge in [0.25, 0.3) is 0 Å². The first kappa shape index (κ1) is 15.0. The van der Waals surface area contributed by atoms with Crippen molar-refractivity contribution in [3.05, 3.63) is 18.2 Å². The number of nitrogens with zero attached hydrogens (tertiary/aromatic N) is 1. The van der Waals surface area contributed by atoms with Gasteiger partial charge in [-0.3, -0.25) is 4.79 Å². The average Bonchev–Trinajstić information content (AvgIpc) is 2.44. The van der Waals surface area contributed by atoms with Gasteiger partial charge < -0.3 is 20.2 Å². The Hall–Kier alpha value is -2.04. The SMILES string of the molecule is CCC(=O)N(CCCC=O)c1cc(OC)ccc1N. The van der Waals surface area contributed by atoms with Gasteiger partial charge >= 0.3 is 0 Å². The molecule has 0 bridgehead atoms.